The van der Waals surface area contributed by atoms with Gasteiger partial charge in [-0.25, -0.2) is 9.97 Å². The molecule has 1 N–H and O–H groups in total. The first-order valence-electron chi connectivity index (χ1n) is 4.89. The average Bonchev–Trinajstić information content (AvgIpc) is 2.76. The normalized spacial score (nSPS) is 10.2. The average molecular weight is 203 g/mol. The fraction of sp³-hybridized carbons (Fsp3) is 0.300. The predicted molar refractivity (Wildman–Crippen MR) is 57.3 cm³/mol. The SMILES string of the molecule is CCn1cc(NCc2ccncn2)cn1. The van der Waals surface area contributed by atoms with Crippen LogP contribution in [0.25, 0.3) is 0 Å². The minimum atomic E-state index is 0.692. The highest BCUT2D eigenvalue weighted by molar-refractivity contribution is 5.38. The van der Waals surface area contributed by atoms with Gasteiger partial charge in [-0.05, 0) is 13.0 Å². The second-order valence-corrected chi connectivity index (χ2v) is 3.14. The standard InChI is InChI=1S/C10H13N5/c1-2-15-7-10(6-14-15)12-5-9-3-4-11-8-13-9/h3-4,6-8,12H,2,5H2,1H3. The van der Waals surface area contributed by atoms with Crippen molar-refractivity contribution in [3.63, 3.8) is 0 Å². The van der Waals surface area contributed by atoms with E-state index in [0.717, 1.165) is 17.9 Å². The first-order valence-corrected chi connectivity index (χ1v) is 4.89. The van der Waals surface area contributed by atoms with Gasteiger partial charge in [0.05, 0.1) is 24.1 Å². The smallest absolute Gasteiger partial charge is 0.115 e. The number of rotatable bonds is 4. The van der Waals surface area contributed by atoms with Crippen LogP contribution >= 0.6 is 0 Å². The fourth-order valence-corrected chi connectivity index (χ4v) is 1.24. The van der Waals surface area contributed by atoms with Crippen LogP contribution in [0.15, 0.2) is 31.0 Å². The Hall–Kier alpha value is -1.91. The Bertz CT molecular complexity index is 409. The van der Waals surface area contributed by atoms with Crippen LogP contribution < -0.4 is 5.32 Å². The lowest BCUT2D eigenvalue weighted by molar-refractivity contribution is 0.660. The van der Waals surface area contributed by atoms with Gasteiger partial charge in [0.2, 0.25) is 0 Å². The second-order valence-electron chi connectivity index (χ2n) is 3.14. The zero-order valence-corrected chi connectivity index (χ0v) is 8.59. The second kappa shape index (κ2) is 4.54. The molecule has 0 saturated heterocycles. The maximum Gasteiger partial charge on any atom is 0.115 e. The van der Waals surface area contributed by atoms with E-state index in [2.05, 4.69) is 27.3 Å². The third-order valence-electron chi connectivity index (χ3n) is 2.07. The molecule has 0 amide bonds. The maximum absolute atomic E-state index is 4.17. The van der Waals surface area contributed by atoms with Crippen LogP contribution in [0.2, 0.25) is 0 Å². The van der Waals surface area contributed by atoms with Crippen LogP contribution in [-0.4, -0.2) is 19.7 Å². The van der Waals surface area contributed by atoms with Crippen molar-refractivity contribution in [3.8, 4) is 0 Å². The summed E-state index contributed by atoms with van der Waals surface area (Å²) in [5, 5.41) is 7.41. The molecule has 0 unspecified atom stereocenters. The highest BCUT2D eigenvalue weighted by atomic mass is 15.3. The van der Waals surface area contributed by atoms with Crippen LogP contribution in [0.1, 0.15) is 12.6 Å². The van der Waals surface area contributed by atoms with Gasteiger partial charge in [0.1, 0.15) is 6.33 Å². The van der Waals surface area contributed by atoms with Crippen molar-refractivity contribution in [2.75, 3.05) is 5.32 Å². The molecule has 0 spiro atoms. The Morgan fingerprint density at radius 2 is 2.40 bits per heavy atom. The first-order chi connectivity index (χ1) is 7.38. The minimum Gasteiger partial charge on any atom is -0.377 e. The molecule has 0 fully saturated rings. The van der Waals surface area contributed by atoms with Gasteiger partial charge in [0.25, 0.3) is 0 Å². The molecule has 2 heterocycles. The van der Waals surface area contributed by atoms with E-state index >= 15 is 0 Å². The van der Waals surface area contributed by atoms with Gasteiger partial charge in [-0.1, -0.05) is 0 Å². The number of hydrogen-bond acceptors (Lipinski definition) is 4. The van der Waals surface area contributed by atoms with Crippen LogP contribution in [0.3, 0.4) is 0 Å². The molecule has 5 heteroatoms. The van der Waals surface area contributed by atoms with Crippen LogP contribution in [-0.2, 0) is 13.1 Å². The lowest BCUT2D eigenvalue weighted by Crippen LogP contribution is -2.00. The highest BCUT2D eigenvalue weighted by Crippen LogP contribution is 2.06. The van der Waals surface area contributed by atoms with Crippen molar-refractivity contribution in [1.82, 2.24) is 19.7 Å². The number of hydrogen-bond donors (Lipinski definition) is 1. The lowest BCUT2D eigenvalue weighted by Gasteiger charge is -2.01. The molecule has 0 aliphatic heterocycles. The number of aromatic nitrogens is 4. The molecule has 78 valence electrons. The summed E-state index contributed by atoms with van der Waals surface area (Å²) < 4.78 is 1.88. The molecule has 0 aliphatic carbocycles. The molecule has 0 saturated carbocycles. The summed E-state index contributed by atoms with van der Waals surface area (Å²) in [6.45, 7) is 3.63. The lowest BCUT2D eigenvalue weighted by atomic mass is 10.4. The van der Waals surface area contributed by atoms with Gasteiger partial charge in [0, 0.05) is 18.9 Å². The van der Waals surface area contributed by atoms with Crippen molar-refractivity contribution >= 4 is 5.69 Å². The fourth-order valence-electron chi connectivity index (χ4n) is 1.24. The number of anilines is 1. The highest BCUT2D eigenvalue weighted by Gasteiger charge is 1.97. The molecule has 2 aromatic rings. The largest absolute Gasteiger partial charge is 0.377 e. The Balaban J connectivity index is 1.93. The zero-order valence-electron chi connectivity index (χ0n) is 8.59. The number of nitrogens with zero attached hydrogens (tertiary/aromatic N) is 4. The summed E-state index contributed by atoms with van der Waals surface area (Å²) in [5.74, 6) is 0. The molecular formula is C10H13N5. The van der Waals surface area contributed by atoms with Gasteiger partial charge in [-0.3, -0.25) is 4.68 Å². The van der Waals surface area contributed by atoms with E-state index in [1.165, 1.54) is 0 Å². The summed E-state index contributed by atoms with van der Waals surface area (Å²) in [4.78, 5) is 7.98. The van der Waals surface area contributed by atoms with E-state index in [4.69, 9.17) is 0 Å². The maximum atomic E-state index is 4.17. The first kappa shape index (κ1) is 9.64. The van der Waals surface area contributed by atoms with Gasteiger partial charge < -0.3 is 5.32 Å². The molecular weight excluding hydrogens is 190 g/mol. The number of nitrogens with one attached hydrogen (secondary N) is 1. The topological polar surface area (TPSA) is 55.6 Å². The summed E-state index contributed by atoms with van der Waals surface area (Å²) in [5.41, 5.74) is 1.98. The third kappa shape index (κ3) is 2.52. The quantitative estimate of drug-likeness (QED) is 0.813. The Morgan fingerprint density at radius 1 is 1.47 bits per heavy atom. The molecule has 5 nitrogen and oxygen atoms in total. The molecule has 15 heavy (non-hydrogen) atoms. The van der Waals surface area contributed by atoms with Crippen molar-refractivity contribution in [1.29, 1.82) is 0 Å². The van der Waals surface area contributed by atoms with Crippen LogP contribution in [0.4, 0.5) is 5.69 Å². The molecule has 0 aromatic carbocycles. The van der Waals surface area contributed by atoms with Crippen LogP contribution in [0, 0.1) is 0 Å². The predicted octanol–water partition coefficient (Wildman–Crippen LogP) is 1.31. The molecule has 0 bridgehead atoms. The summed E-state index contributed by atoms with van der Waals surface area (Å²) >= 11 is 0. The number of aryl methyl sites for hydroxylation is 1. The van der Waals surface area contributed by atoms with Crippen LogP contribution in [0.5, 0.6) is 0 Å². The molecule has 2 aromatic heterocycles. The summed E-state index contributed by atoms with van der Waals surface area (Å²) in [6.07, 6.45) is 7.07. The van der Waals surface area contributed by atoms with E-state index in [-0.39, 0.29) is 0 Å². The minimum absolute atomic E-state index is 0.692. The molecule has 0 radical (unpaired) electrons. The van der Waals surface area contributed by atoms with E-state index < -0.39 is 0 Å². The van der Waals surface area contributed by atoms with E-state index in [0.29, 0.717) is 6.54 Å². The van der Waals surface area contributed by atoms with Crippen molar-refractivity contribution in [3.05, 3.63) is 36.7 Å². The molecule has 0 atom stereocenters. The van der Waals surface area contributed by atoms with E-state index in [1.807, 2.05) is 23.1 Å². The van der Waals surface area contributed by atoms with Gasteiger partial charge >= 0.3 is 0 Å². The van der Waals surface area contributed by atoms with E-state index in [1.54, 1.807) is 12.5 Å². The van der Waals surface area contributed by atoms with Gasteiger partial charge in [0.15, 0.2) is 0 Å². The van der Waals surface area contributed by atoms with E-state index in [9.17, 15) is 0 Å². The van der Waals surface area contributed by atoms with Crippen molar-refractivity contribution in [2.45, 2.75) is 20.0 Å². The molecule has 0 aliphatic rings. The summed E-state index contributed by atoms with van der Waals surface area (Å²) in [7, 11) is 0. The Labute approximate surface area is 88.2 Å². The Kier molecular flexibility index (Phi) is 2.92. The third-order valence-corrected chi connectivity index (χ3v) is 2.07. The monoisotopic (exact) mass is 203 g/mol. The summed E-state index contributed by atoms with van der Waals surface area (Å²) in [6, 6.07) is 1.89. The zero-order chi connectivity index (χ0) is 10.5. The Morgan fingerprint density at radius 3 is 3.07 bits per heavy atom. The van der Waals surface area contributed by atoms with Gasteiger partial charge in [-0.15, -0.1) is 0 Å². The van der Waals surface area contributed by atoms with Crippen molar-refractivity contribution in [2.24, 2.45) is 0 Å². The van der Waals surface area contributed by atoms with Crippen molar-refractivity contribution < 1.29 is 0 Å². The van der Waals surface area contributed by atoms with Gasteiger partial charge in [-0.2, -0.15) is 5.10 Å². The molecule has 2 rings (SSSR count).